The minimum absolute atomic E-state index is 0.828. The highest BCUT2D eigenvalue weighted by Gasteiger charge is 2.10. The summed E-state index contributed by atoms with van der Waals surface area (Å²) in [4.78, 5) is 0. The smallest absolute Gasteiger partial charge is 0.102 e. The van der Waals surface area contributed by atoms with Gasteiger partial charge in [-0.15, -0.1) is 0 Å². The van der Waals surface area contributed by atoms with Crippen LogP contribution in [0, 0.1) is 5.92 Å². The molecule has 0 heterocycles. The Morgan fingerprint density at radius 1 is 1.73 bits per heavy atom. The Labute approximate surface area is 70.2 Å². The van der Waals surface area contributed by atoms with Gasteiger partial charge in [0.1, 0.15) is 7.85 Å². The number of hydrogen-bond donors (Lipinski definition) is 0. The lowest BCUT2D eigenvalue weighted by molar-refractivity contribution is 0.220. The summed E-state index contributed by atoms with van der Waals surface area (Å²) in [7, 11) is 4.04. The molecule has 0 saturated heterocycles. The molecule has 1 unspecified atom stereocenters. The zero-order valence-corrected chi connectivity index (χ0v) is 7.60. The molecule has 0 saturated carbocycles. The number of ether oxygens (including phenoxy) is 1. The van der Waals surface area contributed by atoms with Gasteiger partial charge in [-0.1, -0.05) is 12.4 Å². The fourth-order valence-corrected chi connectivity index (χ4v) is 1.72. The van der Waals surface area contributed by atoms with E-state index >= 15 is 0 Å². The van der Waals surface area contributed by atoms with Crippen LogP contribution in [0.15, 0.2) is 11.6 Å². The van der Waals surface area contributed by atoms with Crippen LogP contribution in [0.2, 0.25) is 6.32 Å². The Morgan fingerprint density at radius 2 is 2.55 bits per heavy atom. The molecule has 0 aromatic rings. The molecule has 0 amide bonds. The Bertz CT molecular complexity index is 142. The minimum atomic E-state index is 0.828. The van der Waals surface area contributed by atoms with Crippen molar-refractivity contribution in [2.24, 2.45) is 5.92 Å². The standard InChI is InChI=1S/C9H17BO/c1-11-7-9-4-2-3-8(5-9)6-10/h5,8H,2-4,6-7,10H2,1H3. The quantitative estimate of drug-likeness (QED) is 0.438. The van der Waals surface area contributed by atoms with Crippen molar-refractivity contribution in [2.45, 2.75) is 25.6 Å². The van der Waals surface area contributed by atoms with Crippen LogP contribution in [0.3, 0.4) is 0 Å². The van der Waals surface area contributed by atoms with Gasteiger partial charge in [0.2, 0.25) is 0 Å². The second-order valence-electron chi connectivity index (χ2n) is 3.32. The Hall–Kier alpha value is -0.235. The molecule has 0 aromatic carbocycles. The fourth-order valence-electron chi connectivity index (χ4n) is 1.72. The molecule has 0 aliphatic heterocycles. The zero-order chi connectivity index (χ0) is 8.10. The van der Waals surface area contributed by atoms with E-state index in [2.05, 4.69) is 13.9 Å². The minimum Gasteiger partial charge on any atom is -0.380 e. The summed E-state index contributed by atoms with van der Waals surface area (Å²) in [5.41, 5.74) is 1.51. The first-order valence-corrected chi connectivity index (χ1v) is 4.55. The van der Waals surface area contributed by atoms with Gasteiger partial charge in [0.15, 0.2) is 0 Å². The summed E-state index contributed by atoms with van der Waals surface area (Å²) in [5.74, 6) is 0.828. The maximum Gasteiger partial charge on any atom is 0.102 e. The average molecular weight is 152 g/mol. The predicted molar refractivity (Wildman–Crippen MR) is 50.7 cm³/mol. The van der Waals surface area contributed by atoms with Gasteiger partial charge in [-0.2, -0.15) is 0 Å². The first-order valence-electron chi connectivity index (χ1n) is 4.55. The van der Waals surface area contributed by atoms with Crippen molar-refractivity contribution >= 4 is 7.85 Å². The maximum absolute atomic E-state index is 5.11. The topological polar surface area (TPSA) is 9.23 Å². The molecule has 1 aliphatic carbocycles. The van der Waals surface area contributed by atoms with Crippen LogP contribution in [0.5, 0.6) is 0 Å². The van der Waals surface area contributed by atoms with Gasteiger partial charge < -0.3 is 4.74 Å². The molecule has 11 heavy (non-hydrogen) atoms. The van der Waals surface area contributed by atoms with Crippen LogP contribution < -0.4 is 0 Å². The summed E-state index contributed by atoms with van der Waals surface area (Å²) in [6.07, 6.45) is 7.68. The van der Waals surface area contributed by atoms with Crippen LogP contribution in [0.25, 0.3) is 0 Å². The second-order valence-corrected chi connectivity index (χ2v) is 3.32. The van der Waals surface area contributed by atoms with E-state index in [4.69, 9.17) is 4.74 Å². The van der Waals surface area contributed by atoms with Crippen molar-refractivity contribution in [2.75, 3.05) is 13.7 Å². The third-order valence-electron chi connectivity index (χ3n) is 2.40. The molecular weight excluding hydrogens is 135 g/mol. The highest BCUT2D eigenvalue weighted by Crippen LogP contribution is 2.24. The van der Waals surface area contributed by atoms with Crippen molar-refractivity contribution in [1.29, 1.82) is 0 Å². The summed E-state index contributed by atoms with van der Waals surface area (Å²) >= 11 is 0. The van der Waals surface area contributed by atoms with E-state index in [1.165, 1.54) is 31.2 Å². The second kappa shape index (κ2) is 4.60. The maximum atomic E-state index is 5.11. The highest BCUT2D eigenvalue weighted by atomic mass is 16.5. The normalized spacial score (nSPS) is 24.8. The molecule has 1 atom stereocenters. The molecular formula is C9H17BO. The Morgan fingerprint density at radius 3 is 3.18 bits per heavy atom. The molecule has 1 rings (SSSR count). The van der Waals surface area contributed by atoms with Gasteiger partial charge in [0.05, 0.1) is 6.61 Å². The summed E-state index contributed by atoms with van der Waals surface area (Å²) in [5, 5.41) is 0. The van der Waals surface area contributed by atoms with Crippen LogP contribution in [-0.2, 0) is 4.74 Å². The molecule has 0 spiro atoms. The van der Waals surface area contributed by atoms with Crippen LogP contribution in [0.1, 0.15) is 19.3 Å². The first kappa shape index (κ1) is 8.86. The molecule has 1 aliphatic rings. The van der Waals surface area contributed by atoms with Crippen molar-refractivity contribution in [3.8, 4) is 0 Å². The fraction of sp³-hybridized carbons (Fsp3) is 0.778. The Balaban J connectivity index is 2.43. The molecule has 0 bridgehead atoms. The lowest BCUT2D eigenvalue weighted by atomic mass is 9.82. The monoisotopic (exact) mass is 152 g/mol. The molecule has 1 nitrogen and oxygen atoms in total. The average Bonchev–Trinajstić information content (AvgIpc) is 2.06. The van der Waals surface area contributed by atoms with E-state index < -0.39 is 0 Å². The Kier molecular flexibility index (Phi) is 3.71. The van der Waals surface area contributed by atoms with Gasteiger partial charge >= 0.3 is 0 Å². The van der Waals surface area contributed by atoms with E-state index in [-0.39, 0.29) is 0 Å². The predicted octanol–water partition coefficient (Wildman–Crippen LogP) is 1.41. The molecule has 0 fully saturated rings. The number of rotatable bonds is 3. The third kappa shape index (κ3) is 2.70. The molecule has 2 heteroatoms. The summed E-state index contributed by atoms with van der Waals surface area (Å²) in [6.45, 7) is 0.844. The van der Waals surface area contributed by atoms with Gasteiger partial charge in [-0.25, -0.2) is 0 Å². The van der Waals surface area contributed by atoms with Crippen molar-refractivity contribution in [3.05, 3.63) is 11.6 Å². The number of methoxy groups -OCH3 is 1. The van der Waals surface area contributed by atoms with E-state index in [1.54, 1.807) is 7.11 Å². The van der Waals surface area contributed by atoms with E-state index in [0.29, 0.717) is 0 Å². The molecule has 0 radical (unpaired) electrons. The SMILES string of the molecule is BCC1C=C(COC)CCC1. The lowest BCUT2D eigenvalue weighted by Gasteiger charge is -2.19. The third-order valence-corrected chi connectivity index (χ3v) is 2.40. The van der Waals surface area contributed by atoms with Crippen molar-refractivity contribution < 1.29 is 4.74 Å². The van der Waals surface area contributed by atoms with Crippen LogP contribution in [0.4, 0.5) is 0 Å². The van der Waals surface area contributed by atoms with Gasteiger partial charge in [0.25, 0.3) is 0 Å². The van der Waals surface area contributed by atoms with Crippen molar-refractivity contribution in [3.63, 3.8) is 0 Å². The van der Waals surface area contributed by atoms with E-state index in [9.17, 15) is 0 Å². The van der Waals surface area contributed by atoms with Gasteiger partial charge in [0, 0.05) is 7.11 Å². The van der Waals surface area contributed by atoms with Crippen molar-refractivity contribution in [1.82, 2.24) is 0 Å². The zero-order valence-electron chi connectivity index (χ0n) is 7.60. The number of allylic oxidation sites excluding steroid dienone is 1. The molecule has 0 N–H and O–H groups in total. The molecule has 0 aromatic heterocycles. The summed E-state index contributed by atoms with van der Waals surface area (Å²) < 4.78 is 5.11. The number of hydrogen-bond acceptors (Lipinski definition) is 1. The van der Waals surface area contributed by atoms with Gasteiger partial charge in [-0.05, 0) is 30.8 Å². The van der Waals surface area contributed by atoms with Gasteiger partial charge in [-0.3, -0.25) is 0 Å². The largest absolute Gasteiger partial charge is 0.380 e. The highest BCUT2D eigenvalue weighted by molar-refractivity contribution is 6.08. The van der Waals surface area contributed by atoms with E-state index in [0.717, 1.165) is 12.5 Å². The first-order chi connectivity index (χ1) is 5.36. The summed E-state index contributed by atoms with van der Waals surface area (Å²) in [6, 6.07) is 0. The molecule has 62 valence electrons. The van der Waals surface area contributed by atoms with Crippen LogP contribution >= 0.6 is 0 Å². The van der Waals surface area contributed by atoms with Crippen LogP contribution in [-0.4, -0.2) is 21.6 Å². The lowest BCUT2D eigenvalue weighted by Crippen LogP contribution is -2.07. The van der Waals surface area contributed by atoms with E-state index in [1.807, 2.05) is 0 Å².